The molecule has 132 valence electrons. The monoisotopic (exact) mass is 349 g/mol. The molecule has 0 saturated carbocycles. The third kappa shape index (κ3) is 5.49. The van der Waals surface area contributed by atoms with Crippen LogP contribution in [0, 0.1) is 11.3 Å². The zero-order chi connectivity index (χ0) is 18.8. The second kappa shape index (κ2) is 9.64. The van der Waals surface area contributed by atoms with E-state index >= 15 is 0 Å². The van der Waals surface area contributed by atoms with E-state index in [4.69, 9.17) is 5.26 Å². The lowest BCUT2D eigenvalue weighted by Crippen LogP contribution is -2.27. The van der Waals surface area contributed by atoms with E-state index in [-0.39, 0.29) is 5.57 Å². The molecule has 6 nitrogen and oxygen atoms in total. The van der Waals surface area contributed by atoms with Crippen LogP contribution >= 0.6 is 0 Å². The Bertz CT molecular complexity index is 822. The average molecular weight is 349 g/mol. The number of ether oxygens (including phenoxy) is 1. The predicted octanol–water partition coefficient (Wildman–Crippen LogP) is 2.65. The molecule has 0 heterocycles. The van der Waals surface area contributed by atoms with Gasteiger partial charge in [-0.1, -0.05) is 30.3 Å². The standard InChI is InChI=1S/C20H19N3O3/c1-26-20(25)16-7-9-18(10-8-16)23-14-17(13-21)19(24)22-12-11-15-5-3-2-4-6-15/h2-10,14,23H,11-12H2,1H3,(H,22,24)/b17-14+. The molecule has 0 bridgehead atoms. The molecule has 0 spiro atoms. The normalized spacial score (nSPS) is 10.5. The van der Waals surface area contributed by atoms with Gasteiger partial charge in [0.15, 0.2) is 0 Å². The number of esters is 1. The zero-order valence-electron chi connectivity index (χ0n) is 14.4. The molecule has 0 saturated heterocycles. The van der Waals surface area contributed by atoms with Gasteiger partial charge in [-0.05, 0) is 36.2 Å². The Morgan fingerprint density at radius 1 is 1.12 bits per heavy atom. The van der Waals surface area contributed by atoms with Crippen LogP contribution in [0.5, 0.6) is 0 Å². The van der Waals surface area contributed by atoms with E-state index in [1.165, 1.54) is 13.3 Å². The van der Waals surface area contributed by atoms with Crippen LogP contribution in [0.1, 0.15) is 15.9 Å². The molecule has 26 heavy (non-hydrogen) atoms. The Kier molecular flexibility index (Phi) is 6.95. The van der Waals surface area contributed by atoms with E-state index < -0.39 is 11.9 Å². The van der Waals surface area contributed by atoms with Gasteiger partial charge in [-0.2, -0.15) is 5.26 Å². The maximum absolute atomic E-state index is 12.1. The number of methoxy groups -OCH3 is 1. The third-order valence-electron chi connectivity index (χ3n) is 3.60. The van der Waals surface area contributed by atoms with Gasteiger partial charge in [0.2, 0.25) is 0 Å². The van der Waals surface area contributed by atoms with Crippen molar-refractivity contribution < 1.29 is 14.3 Å². The van der Waals surface area contributed by atoms with Crippen LogP contribution in [0.3, 0.4) is 0 Å². The summed E-state index contributed by atoms with van der Waals surface area (Å²) in [5, 5.41) is 14.7. The first-order valence-electron chi connectivity index (χ1n) is 8.01. The highest BCUT2D eigenvalue weighted by atomic mass is 16.5. The van der Waals surface area contributed by atoms with Crippen molar-refractivity contribution in [2.45, 2.75) is 6.42 Å². The summed E-state index contributed by atoms with van der Waals surface area (Å²) in [5.41, 5.74) is 2.14. The minimum atomic E-state index is -0.442. The summed E-state index contributed by atoms with van der Waals surface area (Å²) >= 11 is 0. The summed E-state index contributed by atoms with van der Waals surface area (Å²) in [5.74, 6) is -0.871. The molecule has 2 N–H and O–H groups in total. The van der Waals surface area contributed by atoms with Crippen LogP contribution in [0.25, 0.3) is 0 Å². The molecule has 6 heteroatoms. The lowest BCUT2D eigenvalue weighted by atomic mass is 10.1. The Hall–Kier alpha value is -3.59. The third-order valence-corrected chi connectivity index (χ3v) is 3.60. The molecule has 2 aromatic carbocycles. The van der Waals surface area contributed by atoms with E-state index in [0.717, 1.165) is 5.56 Å². The Morgan fingerprint density at radius 3 is 2.42 bits per heavy atom. The topological polar surface area (TPSA) is 91.2 Å². The first kappa shape index (κ1) is 18.7. The highest BCUT2D eigenvalue weighted by Crippen LogP contribution is 2.11. The lowest BCUT2D eigenvalue weighted by Gasteiger charge is -2.06. The second-order valence-corrected chi connectivity index (χ2v) is 5.37. The van der Waals surface area contributed by atoms with Gasteiger partial charge in [0.05, 0.1) is 12.7 Å². The Balaban J connectivity index is 1.89. The summed E-state index contributed by atoms with van der Waals surface area (Å²) in [4.78, 5) is 23.4. The number of carbonyl (C=O) groups is 2. The summed E-state index contributed by atoms with van der Waals surface area (Å²) in [7, 11) is 1.31. The molecule has 0 radical (unpaired) electrons. The van der Waals surface area contributed by atoms with Gasteiger partial charge in [-0.25, -0.2) is 4.79 Å². The lowest BCUT2D eigenvalue weighted by molar-refractivity contribution is -0.117. The van der Waals surface area contributed by atoms with Gasteiger partial charge in [-0.15, -0.1) is 0 Å². The number of hydrogen-bond donors (Lipinski definition) is 2. The van der Waals surface area contributed by atoms with Crippen LogP contribution in [0.4, 0.5) is 5.69 Å². The van der Waals surface area contributed by atoms with Gasteiger partial charge in [0.1, 0.15) is 11.6 Å². The first-order chi connectivity index (χ1) is 12.6. The van der Waals surface area contributed by atoms with Crippen molar-refractivity contribution in [2.24, 2.45) is 0 Å². The van der Waals surface area contributed by atoms with E-state index in [0.29, 0.717) is 24.2 Å². The molecular formula is C20H19N3O3. The van der Waals surface area contributed by atoms with Gasteiger partial charge in [-0.3, -0.25) is 4.79 Å². The molecule has 0 fully saturated rings. The van der Waals surface area contributed by atoms with E-state index in [1.54, 1.807) is 24.3 Å². The second-order valence-electron chi connectivity index (χ2n) is 5.37. The fourth-order valence-electron chi connectivity index (χ4n) is 2.18. The summed E-state index contributed by atoms with van der Waals surface area (Å²) < 4.78 is 4.63. The van der Waals surface area contributed by atoms with Gasteiger partial charge in [0.25, 0.3) is 5.91 Å². The predicted molar refractivity (Wildman–Crippen MR) is 98.3 cm³/mol. The average Bonchev–Trinajstić information content (AvgIpc) is 2.69. The van der Waals surface area contributed by atoms with E-state index in [2.05, 4.69) is 15.4 Å². The number of anilines is 1. The number of nitriles is 1. The first-order valence-corrected chi connectivity index (χ1v) is 8.01. The Morgan fingerprint density at radius 2 is 1.81 bits per heavy atom. The smallest absolute Gasteiger partial charge is 0.337 e. The summed E-state index contributed by atoms with van der Waals surface area (Å²) in [6.07, 6.45) is 2.03. The molecule has 0 aliphatic heterocycles. The molecule has 0 atom stereocenters. The highest BCUT2D eigenvalue weighted by Gasteiger charge is 2.08. The fourth-order valence-corrected chi connectivity index (χ4v) is 2.18. The van der Waals surface area contributed by atoms with Gasteiger partial charge < -0.3 is 15.4 Å². The Labute approximate surface area is 152 Å². The number of rotatable bonds is 7. The number of carbonyl (C=O) groups excluding carboxylic acids is 2. The fraction of sp³-hybridized carbons (Fsp3) is 0.150. The SMILES string of the molecule is COC(=O)c1ccc(N/C=C(\C#N)C(=O)NCCc2ccccc2)cc1. The van der Waals surface area contributed by atoms with Gasteiger partial charge >= 0.3 is 5.97 Å². The molecule has 2 aromatic rings. The number of amides is 1. The zero-order valence-corrected chi connectivity index (χ0v) is 14.4. The van der Waals surface area contributed by atoms with Crippen LogP contribution in [-0.2, 0) is 16.0 Å². The molecule has 0 aliphatic rings. The maximum Gasteiger partial charge on any atom is 0.337 e. The van der Waals surface area contributed by atoms with E-state index in [1.807, 2.05) is 36.4 Å². The molecule has 0 aromatic heterocycles. The van der Waals surface area contributed by atoms with Crippen molar-refractivity contribution in [1.29, 1.82) is 5.26 Å². The van der Waals surface area contributed by atoms with E-state index in [9.17, 15) is 9.59 Å². The minimum Gasteiger partial charge on any atom is -0.465 e. The van der Waals surface area contributed by atoms with Crippen LogP contribution in [0.2, 0.25) is 0 Å². The van der Waals surface area contributed by atoms with Crippen molar-refractivity contribution in [3.05, 3.63) is 77.5 Å². The highest BCUT2D eigenvalue weighted by molar-refractivity contribution is 5.97. The quantitative estimate of drug-likeness (QED) is 0.455. The van der Waals surface area contributed by atoms with Crippen LogP contribution in [-0.4, -0.2) is 25.5 Å². The van der Waals surface area contributed by atoms with Crippen molar-refractivity contribution >= 4 is 17.6 Å². The van der Waals surface area contributed by atoms with Crippen LogP contribution < -0.4 is 10.6 Å². The molecule has 2 rings (SSSR count). The van der Waals surface area contributed by atoms with Crippen molar-refractivity contribution in [3.8, 4) is 6.07 Å². The number of nitrogens with one attached hydrogen (secondary N) is 2. The maximum atomic E-state index is 12.1. The minimum absolute atomic E-state index is 0.0323. The van der Waals surface area contributed by atoms with Crippen molar-refractivity contribution in [2.75, 3.05) is 19.0 Å². The molecule has 1 amide bonds. The molecule has 0 aliphatic carbocycles. The largest absolute Gasteiger partial charge is 0.465 e. The number of nitrogens with zero attached hydrogens (tertiary/aromatic N) is 1. The number of benzene rings is 2. The molecule has 0 unspecified atom stereocenters. The summed E-state index contributed by atoms with van der Waals surface area (Å²) in [6.45, 7) is 0.440. The van der Waals surface area contributed by atoms with Crippen molar-refractivity contribution in [3.63, 3.8) is 0 Å². The summed E-state index contributed by atoms with van der Waals surface area (Å²) in [6, 6.07) is 18.1. The van der Waals surface area contributed by atoms with Gasteiger partial charge in [0, 0.05) is 18.4 Å². The van der Waals surface area contributed by atoms with Crippen molar-refractivity contribution in [1.82, 2.24) is 5.32 Å². The van der Waals surface area contributed by atoms with Crippen LogP contribution in [0.15, 0.2) is 66.4 Å². The number of hydrogen-bond acceptors (Lipinski definition) is 5. The molecular weight excluding hydrogens is 330 g/mol.